The van der Waals surface area contributed by atoms with Gasteiger partial charge < -0.3 is 4.90 Å². The molecule has 1 aromatic carbocycles. The summed E-state index contributed by atoms with van der Waals surface area (Å²) in [5.74, 6) is -0.414. The van der Waals surface area contributed by atoms with Crippen LogP contribution in [0.1, 0.15) is 5.69 Å². The van der Waals surface area contributed by atoms with Crippen LogP contribution >= 0.6 is 0 Å². The van der Waals surface area contributed by atoms with Crippen molar-refractivity contribution < 1.29 is 9.18 Å². The Hall–Kier alpha value is -3.28. The first-order valence-corrected chi connectivity index (χ1v) is 8.34. The maximum Gasteiger partial charge on any atom is 0.246 e. The lowest BCUT2D eigenvalue weighted by Gasteiger charge is -2.27. The van der Waals surface area contributed by atoms with E-state index in [9.17, 15) is 9.18 Å². The third-order valence-corrected chi connectivity index (χ3v) is 4.53. The number of carbonyl (C=O) groups excluding carboxylic acids is 1. The predicted octanol–water partition coefficient (Wildman–Crippen LogP) is 3.28. The highest BCUT2D eigenvalue weighted by Gasteiger charge is 2.27. The normalized spacial score (nSPS) is 13.3. The van der Waals surface area contributed by atoms with Crippen LogP contribution < -0.4 is 0 Å². The zero-order valence-electron chi connectivity index (χ0n) is 14.1. The molecule has 3 heterocycles. The highest BCUT2D eigenvalue weighted by Crippen LogP contribution is 2.36. The molecule has 1 amide bonds. The second kappa shape index (κ2) is 6.55. The molecular weight excluding hydrogens is 331 g/mol. The Kier molecular flexibility index (Phi) is 4.08. The summed E-state index contributed by atoms with van der Waals surface area (Å²) in [6.07, 6.45) is 4.75. The number of halogens is 1. The van der Waals surface area contributed by atoms with Gasteiger partial charge in [-0.25, -0.2) is 4.39 Å². The first-order valence-electron chi connectivity index (χ1n) is 8.34. The summed E-state index contributed by atoms with van der Waals surface area (Å²) < 4.78 is 15.7. The zero-order chi connectivity index (χ0) is 18.1. The number of amides is 1. The third-order valence-electron chi connectivity index (χ3n) is 4.53. The van der Waals surface area contributed by atoms with Gasteiger partial charge in [0.2, 0.25) is 5.91 Å². The van der Waals surface area contributed by atoms with E-state index < -0.39 is 0 Å². The van der Waals surface area contributed by atoms with Crippen LogP contribution in [0.4, 0.5) is 4.39 Å². The van der Waals surface area contributed by atoms with Gasteiger partial charge in [-0.1, -0.05) is 18.7 Å². The summed E-state index contributed by atoms with van der Waals surface area (Å²) in [7, 11) is 0. The van der Waals surface area contributed by atoms with Crippen LogP contribution in [0, 0.1) is 5.82 Å². The number of hydrogen-bond donors (Lipinski definition) is 0. The zero-order valence-corrected chi connectivity index (χ0v) is 14.1. The first kappa shape index (κ1) is 16.2. The summed E-state index contributed by atoms with van der Waals surface area (Å²) in [5, 5.41) is 4.72. The predicted molar refractivity (Wildman–Crippen MR) is 96.5 cm³/mol. The van der Waals surface area contributed by atoms with Crippen molar-refractivity contribution in [3.8, 4) is 22.4 Å². The molecule has 2 aromatic heterocycles. The molecule has 1 aliphatic rings. The van der Waals surface area contributed by atoms with Crippen LogP contribution in [0.25, 0.3) is 22.4 Å². The van der Waals surface area contributed by atoms with E-state index in [1.165, 1.54) is 18.2 Å². The number of fused-ring (bicyclic) bond motifs is 1. The summed E-state index contributed by atoms with van der Waals surface area (Å²) >= 11 is 0. The van der Waals surface area contributed by atoms with E-state index in [1.54, 1.807) is 23.4 Å². The summed E-state index contributed by atoms with van der Waals surface area (Å²) in [4.78, 5) is 17.9. The molecule has 0 radical (unpaired) electrons. The van der Waals surface area contributed by atoms with Gasteiger partial charge in [-0.15, -0.1) is 0 Å². The molecule has 5 nitrogen and oxygen atoms in total. The number of hydrogen-bond acceptors (Lipinski definition) is 3. The molecule has 0 unspecified atom stereocenters. The number of nitrogens with zero attached hydrogens (tertiary/aromatic N) is 4. The number of carbonyl (C=O) groups is 1. The van der Waals surface area contributed by atoms with Gasteiger partial charge in [0.05, 0.1) is 18.8 Å². The van der Waals surface area contributed by atoms with Crippen LogP contribution in [0.2, 0.25) is 0 Å². The van der Waals surface area contributed by atoms with Gasteiger partial charge in [-0.2, -0.15) is 5.10 Å². The highest BCUT2D eigenvalue weighted by molar-refractivity contribution is 5.88. The van der Waals surface area contributed by atoms with Crippen molar-refractivity contribution in [3.63, 3.8) is 0 Å². The Morgan fingerprint density at radius 3 is 2.69 bits per heavy atom. The molecule has 0 saturated carbocycles. The monoisotopic (exact) mass is 348 g/mol. The number of rotatable bonds is 3. The second-order valence-electron chi connectivity index (χ2n) is 6.10. The highest BCUT2D eigenvalue weighted by atomic mass is 19.1. The van der Waals surface area contributed by atoms with E-state index in [2.05, 4.69) is 11.6 Å². The molecule has 0 fully saturated rings. The molecule has 1 aliphatic heterocycles. The van der Waals surface area contributed by atoms with Crippen molar-refractivity contribution in [3.05, 3.63) is 73.0 Å². The van der Waals surface area contributed by atoms with Crippen molar-refractivity contribution in [2.45, 2.75) is 13.1 Å². The molecule has 0 bridgehead atoms. The van der Waals surface area contributed by atoms with Crippen LogP contribution in [-0.2, 0) is 17.9 Å². The summed E-state index contributed by atoms with van der Waals surface area (Å²) in [6.45, 7) is 5.16. The molecule has 0 saturated heterocycles. The van der Waals surface area contributed by atoms with Crippen LogP contribution in [0.3, 0.4) is 0 Å². The topological polar surface area (TPSA) is 51.0 Å². The molecule has 130 valence electrons. The van der Waals surface area contributed by atoms with Gasteiger partial charge in [0.25, 0.3) is 0 Å². The van der Waals surface area contributed by atoms with Gasteiger partial charge in [0.15, 0.2) is 0 Å². The number of aromatic nitrogens is 3. The fraction of sp³-hybridized carbons (Fsp3) is 0.150. The summed E-state index contributed by atoms with van der Waals surface area (Å²) in [5.41, 5.74) is 4.18. The number of benzene rings is 1. The van der Waals surface area contributed by atoms with Crippen molar-refractivity contribution in [2.24, 2.45) is 0 Å². The molecule has 6 heteroatoms. The minimum Gasteiger partial charge on any atom is -0.331 e. The summed E-state index contributed by atoms with van der Waals surface area (Å²) in [6, 6.07) is 10.2. The van der Waals surface area contributed by atoms with Gasteiger partial charge >= 0.3 is 0 Å². The Bertz CT molecular complexity index is 981. The molecule has 0 N–H and O–H groups in total. The van der Waals surface area contributed by atoms with E-state index in [4.69, 9.17) is 5.10 Å². The fourth-order valence-electron chi connectivity index (χ4n) is 3.29. The lowest BCUT2D eigenvalue weighted by atomic mass is 9.99. The SMILES string of the molecule is C=CC(=O)N1CCn2nc(-c3cccc(F)c3)c(-c3ccncc3)c2C1. The van der Waals surface area contributed by atoms with Crippen molar-refractivity contribution in [1.82, 2.24) is 19.7 Å². The lowest BCUT2D eigenvalue weighted by molar-refractivity contribution is -0.127. The Morgan fingerprint density at radius 1 is 1.15 bits per heavy atom. The average Bonchev–Trinajstić information content (AvgIpc) is 3.06. The maximum atomic E-state index is 13.8. The Morgan fingerprint density at radius 2 is 1.96 bits per heavy atom. The average molecular weight is 348 g/mol. The van der Waals surface area contributed by atoms with Gasteiger partial charge in [0.1, 0.15) is 11.5 Å². The van der Waals surface area contributed by atoms with Crippen molar-refractivity contribution in [1.29, 1.82) is 0 Å². The van der Waals surface area contributed by atoms with Crippen LogP contribution in [0.15, 0.2) is 61.4 Å². The fourth-order valence-corrected chi connectivity index (χ4v) is 3.29. The van der Waals surface area contributed by atoms with E-state index >= 15 is 0 Å². The van der Waals surface area contributed by atoms with Gasteiger partial charge in [0, 0.05) is 30.1 Å². The lowest BCUT2D eigenvalue weighted by Crippen LogP contribution is -2.37. The molecule has 4 rings (SSSR count). The van der Waals surface area contributed by atoms with Gasteiger partial charge in [-0.05, 0) is 35.9 Å². The van der Waals surface area contributed by atoms with Gasteiger partial charge in [-0.3, -0.25) is 14.5 Å². The molecule has 26 heavy (non-hydrogen) atoms. The van der Waals surface area contributed by atoms with Crippen molar-refractivity contribution >= 4 is 5.91 Å². The van der Waals surface area contributed by atoms with E-state index in [0.29, 0.717) is 30.9 Å². The van der Waals surface area contributed by atoms with E-state index in [1.807, 2.05) is 22.9 Å². The molecule has 0 aliphatic carbocycles. The molecule has 0 atom stereocenters. The first-order chi connectivity index (χ1) is 12.7. The largest absolute Gasteiger partial charge is 0.331 e. The van der Waals surface area contributed by atoms with Crippen LogP contribution in [-0.4, -0.2) is 32.1 Å². The smallest absolute Gasteiger partial charge is 0.246 e. The quantitative estimate of drug-likeness (QED) is 0.683. The van der Waals surface area contributed by atoms with Crippen LogP contribution in [0.5, 0.6) is 0 Å². The second-order valence-corrected chi connectivity index (χ2v) is 6.10. The maximum absolute atomic E-state index is 13.8. The molecule has 3 aromatic rings. The van der Waals surface area contributed by atoms with E-state index in [0.717, 1.165) is 16.8 Å². The Labute approximate surface area is 150 Å². The van der Waals surface area contributed by atoms with E-state index in [-0.39, 0.29) is 11.7 Å². The third kappa shape index (κ3) is 2.79. The minimum absolute atomic E-state index is 0.106. The molecule has 0 spiro atoms. The minimum atomic E-state index is -0.308. The number of pyridine rings is 1. The molecular formula is C20H17FN4O. The standard InChI is InChI=1S/C20H17FN4O/c1-2-18(26)24-10-11-25-17(13-24)19(14-6-8-22-9-7-14)20(23-25)15-4-3-5-16(21)12-15/h2-9,12H,1,10-11,13H2. The van der Waals surface area contributed by atoms with Crippen molar-refractivity contribution in [2.75, 3.05) is 6.54 Å². The Balaban J connectivity index is 1.90.